The maximum atomic E-state index is 12.2. The van der Waals surface area contributed by atoms with Crippen molar-refractivity contribution in [3.8, 4) is 0 Å². The van der Waals surface area contributed by atoms with Crippen molar-refractivity contribution in [1.82, 2.24) is 20.4 Å². The Labute approximate surface area is 147 Å². The lowest BCUT2D eigenvalue weighted by Crippen LogP contribution is -2.44. The lowest BCUT2D eigenvalue weighted by atomic mass is 10.0. The van der Waals surface area contributed by atoms with Crippen LogP contribution in [-0.4, -0.2) is 61.6 Å². The summed E-state index contributed by atoms with van der Waals surface area (Å²) < 4.78 is 6.55. The number of hydrogen-bond acceptors (Lipinski definition) is 6. The first-order valence-electron chi connectivity index (χ1n) is 9.09. The van der Waals surface area contributed by atoms with Gasteiger partial charge in [0.2, 0.25) is 5.91 Å². The topological polar surface area (TPSA) is 88.5 Å². The molecule has 0 aromatic carbocycles. The summed E-state index contributed by atoms with van der Waals surface area (Å²) in [5.74, 6) is 0.450. The minimum Gasteiger partial charge on any atom is -0.381 e. The molecular formula is C17H27N5O3. The number of anilines is 1. The van der Waals surface area contributed by atoms with Crippen LogP contribution < -0.4 is 21.1 Å². The van der Waals surface area contributed by atoms with Gasteiger partial charge >= 0.3 is 0 Å². The second kappa shape index (κ2) is 8.96. The molecule has 0 bridgehead atoms. The number of nitrogens with zero attached hydrogens (tertiary/aromatic N) is 3. The zero-order chi connectivity index (χ0) is 17.5. The fourth-order valence-electron chi connectivity index (χ4n) is 3.26. The third-order valence-electron chi connectivity index (χ3n) is 4.77. The highest BCUT2D eigenvalue weighted by molar-refractivity contribution is 5.75. The van der Waals surface area contributed by atoms with Crippen molar-refractivity contribution in [2.75, 3.05) is 50.8 Å². The molecule has 1 aromatic heterocycles. The minimum atomic E-state index is -0.241. The Balaban J connectivity index is 1.43. The monoisotopic (exact) mass is 349 g/mol. The summed E-state index contributed by atoms with van der Waals surface area (Å²) in [6, 6.07) is 1.56. The van der Waals surface area contributed by atoms with Gasteiger partial charge in [-0.25, -0.2) is 4.68 Å². The van der Waals surface area contributed by atoms with Gasteiger partial charge in [0.25, 0.3) is 5.56 Å². The summed E-state index contributed by atoms with van der Waals surface area (Å²) in [7, 11) is 0. The smallest absolute Gasteiger partial charge is 0.269 e. The largest absolute Gasteiger partial charge is 0.381 e. The molecule has 2 aliphatic rings. The normalized spacial score (nSPS) is 20.6. The van der Waals surface area contributed by atoms with Crippen LogP contribution in [0, 0.1) is 5.92 Å². The van der Waals surface area contributed by atoms with Crippen molar-refractivity contribution in [2.24, 2.45) is 5.92 Å². The fourth-order valence-corrected chi connectivity index (χ4v) is 3.26. The van der Waals surface area contributed by atoms with Gasteiger partial charge < -0.3 is 20.3 Å². The zero-order valence-corrected chi connectivity index (χ0v) is 14.6. The first-order chi connectivity index (χ1) is 12.2. The molecule has 0 spiro atoms. The van der Waals surface area contributed by atoms with Gasteiger partial charge in [0.15, 0.2) is 0 Å². The van der Waals surface area contributed by atoms with Crippen molar-refractivity contribution in [3.63, 3.8) is 0 Å². The molecule has 2 aliphatic heterocycles. The van der Waals surface area contributed by atoms with E-state index in [2.05, 4.69) is 20.6 Å². The molecule has 1 atom stereocenters. The van der Waals surface area contributed by atoms with Gasteiger partial charge in [-0.05, 0) is 25.2 Å². The van der Waals surface area contributed by atoms with Gasteiger partial charge in [-0.2, -0.15) is 5.10 Å². The standard InChI is InChI=1S/C17H27N5O3/c23-16(19-4-1-2-14-3-9-25-13-14)12-22-17(24)10-15(11-20-22)21-7-5-18-6-8-21/h10-11,14,18H,1-9,12-13H2,(H,19,23)/t14-/m1/s1. The number of rotatable bonds is 7. The molecule has 8 nitrogen and oxygen atoms in total. The van der Waals surface area contributed by atoms with E-state index in [0.717, 1.165) is 64.3 Å². The Morgan fingerprint density at radius 3 is 2.96 bits per heavy atom. The van der Waals surface area contributed by atoms with E-state index in [1.165, 1.54) is 4.68 Å². The third-order valence-corrected chi connectivity index (χ3v) is 4.77. The van der Waals surface area contributed by atoms with Crippen molar-refractivity contribution < 1.29 is 9.53 Å². The highest BCUT2D eigenvalue weighted by atomic mass is 16.5. The highest BCUT2D eigenvalue weighted by Crippen LogP contribution is 2.17. The lowest BCUT2D eigenvalue weighted by Gasteiger charge is -2.28. The Kier molecular flexibility index (Phi) is 6.41. The van der Waals surface area contributed by atoms with Gasteiger partial charge in [-0.1, -0.05) is 0 Å². The first-order valence-corrected chi connectivity index (χ1v) is 9.09. The molecule has 25 heavy (non-hydrogen) atoms. The molecule has 1 amide bonds. The van der Waals surface area contributed by atoms with Gasteiger partial charge in [-0.15, -0.1) is 0 Å². The first kappa shape index (κ1) is 17.9. The van der Waals surface area contributed by atoms with E-state index in [1.807, 2.05) is 0 Å². The minimum absolute atomic E-state index is 0.0345. The van der Waals surface area contributed by atoms with Crippen LogP contribution in [0.3, 0.4) is 0 Å². The molecule has 2 saturated heterocycles. The SMILES string of the molecule is O=C(Cn1ncc(N2CCNCC2)cc1=O)NCCC[C@@H]1CCOC1. The average Bonchev–Trinajstić information content (AvgIpc) is 3.15. The van der Waals surface area contributed by atoms with E-state index in [1.54, 1.807) is 12.3 Å². The van der Waals surface area contributed by atoms with Crippen LogP contribution in [0.25, 0.3) is 0 Å². The van der Waals surface area contributed by atoms with E-state index >= 15 is 0 Å². The molecule has 0 aliphatic carbocycles. The Morgan fingerprint density at radius 1 is 1.40 bits per heavy atom. The number of nitrogens with one attached hydrogen (secondary N) is 2. The van der Waals surface area contributed by atoms with Crippen LogP contribution in [0.5, 0.6) is 0 Å². The molecule has 3 heterocycles. The maximum absolute atomic E-state index is 12.2. The molecule has 3 rings (SSSR count). The summed E-state index contributed by atoms with van der Waals surface area (Å²) in [5.41, 5.74) is 0.580. The summed E-state index contributed by atoms with van der Waals surface area (Å²) >= 11 is 0. The van der Waals surface area contributed by atoms with Crippen LogP contribution in [0.4, 0.5) is 5.69 Å². The average molecular weight is 349 g/mol. The van der Waals surface area contributed by atoms with Gasteiger partial charge in [0, 0.05) is 52.0 Å². The second-order valence-corrected chi connectivity index (χ2v) is 6.67. The number of hydrogen-bond donors (Lipinski definition) is 2. The third kappa shape index (κ3) is 5.27. The summed E-state index contributed by atoms with van der Waals surface area (Å²) in [5, 5.41) is 10.3. The molecule has 0 radical (unpaired) electrons. The molecule has 1 aromatic rings. The molecule has 2 fully saturated rings. The summed E-state index contributed by atoms with van der Waals surface area (Å²) in [4.78, 5) is 26.3. The summed E-state index contributed by atoms with van der Waals surface area (Å²) in [6.45, 7) is 5.81. The number of piperazine rings is 1. The van der Waals surface area contributed by atoms with Crippen LogP contribution in [0.2, 0.25) is 0 Å². The van der Waals surface area contributed by atoms with Crippen molar-refractivity contribution >= 4 is 11.6 Å². The van der Waals surface area contributed by atoms with E-state index in [0.29, 0.717) is 12.5 Å². The highest BCUT2D eigenvalue weighted by Gasteiger charge is 2.15. The molecule has 8 heteroatoms. The Bertz CT molecular complexity index is 621. The van der Waals surface area contributed by atoms with Crippen molar-refractivity contribution in [1.29, 1.82) is 0 Å². The van der Waals surface area contributed by atoms with Gasteiger partial charge in [0.1, 0.15) is 6.54 Å². The van der Waals surface area contributed by atoms with E-state index in [4.69, 9.17) is 4.74 Å². The molecular weight excluding hydrogens is 322 g/mol. The zero-order valence-electron chi connectivity index (χ0n) is 14.6. The van der Waals surface area contributed by atoms with Crippen LogP contribution in [0.15, 0.2) is 17.1 Å². The summed E-state index contributed by atoms with van der Waals surface area (Å²) in [6.07, 6.45) is 4.79. The van der Waals surface area contributed by atoms with Crippen molar-refractivity contribution in [2.45, 2.75) is 25.8 Å². The predicted octanol–water partition coefficient (Wildman–Crippen LogP) is -0.414. The van der Waals surface area contributed by atoms with Gasteiger partial charge in [-0.3, -0.25) is 9.59 Å². The number of carbonyl (C=O) groups excluding carboxylic acids is 1. The van der Waals surface area contributed by atoms with E-state index in [-0.39, 0.29) is 18.0 Å². The number of amides is 1. The fraction of sp³-hybridized carbons (Fsp3) is 0.706. The quantitative estimate of drug-likeness (QED) is 0.651. The Morgan fingerprint density at radius 2 is 2.24 bits per heavy atom. The molecule has 138 valence electrons. The number of ether oxygens (including phenoxy) is 1. The second-order valence-electron chi connectivity index (χ2n) is 6.67. The predicted molar refractivity (Wildman–Crippen MR) is 94.7 cm³/mol. The molecule has 2 N–H and O–H groups in total. The van der Waals surface area contributed by atoms with Gasteiger partial charge in [0.05, 0.1) is 11.9 Å². The maximum Gasteiger partial charge on any atom is 0.269 e. The molecule has 0 unspecified atom stereocenters. The van der Waals surface area contributed by atoms with E-state index in [9.17, 15) is 9.59 Å². The number of aromatic nitrogens is 2. The van der Waals surface area contributed by atoms with Crippen LogP contribution in [-0.2, 0) is 16.1 Å². The Hall–Kier alpha value is -1.93. The molecule has 0 saturated carbocycles. The van der Waals surface area contributed by atoms with Crippen LogP contribution in [0.1, 0.15) is 19.3 Å². The number of carbonyl (C=O) groups is 1. The van der Waals surface area contributed by atoms with E-state index < -0.39 is 0 Å². The van der Waals surface area contributed by atoms with Crippen molar-refractivity contribution in [3.05, 3.63) is 22.6 Å². The van der Waals surface area contributed by atoms with Crippen LogP contribution >= 0.6 is 0 Å². The lowest BCUT2D eigenvalue weighted by molar-refractivity contribution is -0.121.